The molecule has 3 aromatic carbocycles. The van der Waals surface area contributed by atoms with Gasteiger partial charge in [-0.1, -0.05) is 60.7 Å². The second-order valence-corrected chi connectivity index (χ2v) is 6.85. The average Bonchev–Trinajstić information content (AvgIpc) is 2.73. The summed E-state index contributed by atoms with van der Waals surface area (Å²) in [5.74, 6) is -0.531. The maximum Gasteiger partial charge on any atom is 0.257 e. The van der Waals surface area contributed by atoms with Crippen LogP contribution in [0.15, 0.2) is 78.9 Å². The number of hydrogen-bond donors (Lipinski definition) is 3. The molecule has 0 fully saturated rings. The first kappa shape index (κ1) is 20.2. The predicted molar refractivity (Wildman–Crippen MR) is 119 cm³/mol. The molecule has 0 bridgehead atoms. The van der Waals surface area contributed by atoms with Crippen LogP contribution in [0, 0.1) is 6.92 Å². The molecule has 29 heavy (non-hydrogen) atoms. The lowest BCUT2D eigenvalue weighted by molar-refractivity contribution is 0.0950. The van der Waals surface area contributed by atoms with Gasteiger partial charge in [-0.2, -0.15) is 0 Å². The van der Waals surface area contributed by atoms with Crippen LogP contribution < -0.4 is 16.0 Å². The Kier molecular flexibility index (Phi) is 6.71. The lowest BCUT2D eigenvalue weighted by Gasteiger charge is -2.14. The van der Waals surface area contributed by atoms with E-state index >= 15 is 0 Å². The number of carbonyl (C=O) groups excluding carboxylic acids is 2. The molecule has 3 N–H and O–H groups in total. The number of thiocarbonyl (C=S) groups is 1. The molecule has 0 saturated carbocycles. The standard InChI is InChI=1S/C23H21N3O2S/c1-16-9-5-6-12-18(16)22(28)26-23(29)25-20-14-8-7-13-19(20)21(27)24-15-17-10-3-2-4-11-17/h2-14H,15H2,1H3,(H,24,27)(H2,25,26,28,29). The van der Waals surface area contributed by atoms with E-state index in [4.69, 9.17) is 12.2 Å². The maximum absolute atomic E-state index is 12.6. The Morgan fingerprint density at radius 2 is 1.41 bits per heavy atom. The van der Waals surface area contributed by atoms with E-state index in [1.807, 2.05) is 49.4 Å². The monoisotopic (exact) mass is 403 g/mol. The largest absolute Gasteiger partial charge is 0.348 e. The minimum atomic E-state index is -0.299. The van der Waals surface area contributed by atoms with Crippen LogP contribution in [-0.4, -0.2) is 16.9 Å². The Bertz CT molecular complexity index is 1040. The number of rotatable bonds is 5. The Balaban J connectivity index is 1.65. The molecule has 0 unspecified atom stereocenters. The molecule has 0 saturated heterocycles. The number of benzene rings is 3. The highest BCUT2D eigenvalue weighted by Gasteiger charge is 2.14. The molecule has 5 nitrogen and oxygen atoms in total. The van der Waals surface area contributed by atoms with Gasteiger partial charge in [0, 0.05) is 12.1 Å². The van der Waals surface area contributed by atoms with Crippen molar-refractivity contribution in [1.29, 1.82) is 0 Å². The van der Waals surface area contributed by atoms with Crippen molar-refractivity contribution in [3.05, 3.63) is 101 Å². The average molecular weight is 404 g/mol. The van der Waals surface area contributed by atoms with Gasteiger partial charge < -0.3 is 10.6 Å². The molecule has 0 aliphatic rings. The number of amides is 2. The van der Waals surface area contributed by atoms with Gasteiger partial charge in [-0.25, -0.2) is 0 Å². The highest BCUT2D eigenvalue weighted by atomic mass is 32.1. The number of hydrogen-bond acceptors (Lipinski definition) is 3. The minimum absolute atomic E-state index is 0.126. The van der Waals surface area contributed by atoms with Crippen LogP contribution in [0.5, 0.6) is 0 Å². The van der Waals surface area contributed by atoms with Crippen LogP contribution in [0.3, 0.4) is 0 Å². The lowest BCUT2D eigenvalue weighted by atomic mass is 10.1. The second-order valence-electron chi connectivity index (χ2n) is 6.44. The molecule has 3 rings (SSSR count). The first-order valence-electron chi connectivity index (χ1n) is 9.13. The molecule has 0 aromatic heterocycles. The normalized spacial score (nSPS) is 10.1. The summed E-state index contributed by atoms with van der Waals surface area (Å²) in [6, 6.07) is 23.9. The topological polar surface area (TPSA) is 70.2 Å². The summed E-state index contributed by atoms with van der Waals surface area (Å²) in [4.78, 5) is 25.1. The summed E-state index contributed by atoms with van der Waals surface area (Å²) < 4.78 is 0. The number of aryl methyl sites for hydroxylation is 1. The first-order valence-corrected chi connectivity index (χ1v) is 9.54. The van der Waals surface area contributed by atoms with Crippen molar-refractivity contribution < 1.29 is 9.59 Å². The molecule has 0 aliphatic carbocycles. The highest BCUT2D eigenvalue weighted by molar-refractivity contribution is 7.80. The van der Waals surface area contributed by atoms with Crippen molar-refractivity contribution in [3.63, 3.8) is 0 Å². The number of anilines is 1. The van der Waals surface area contributed by atoms with Crippen LogP contribution in [0.25, 0.3) is 0 Å². The van der Waals surface area contributed by atoms with E-state index in [9.17, 15) is 9.59 Å². The Morgan fingerprint density at radius 1 is 0.793 bits per heavy atom. The van der Waals surface area contributed by atoms with Gasteiger partial charge in [-0.3, -0.25) is 14.9 Å². The molecule has 146 valence electrons. The smallest absolute Gasteiger partial charge is 0.257 e. The zero-order valence-corrected chi connectivity index (χ0v) is 16.8. The molecule has 3 aromatic rings. The van der Waals surface area contributed by atoms with E-state index in [1.165, 1.54) is 0 Å². The van der Waals surface area contributed by atoms with E-state index < -0.39 is 0 Å². The van der Waals surface area contributed by atoms with Crippen LogP contribution in [0.4, 0.5) is 5.69 Å². The first-order chi connectivity index (χ1) is 14.0. The fourth-order valence-electron chi connectivity index (χ4n) is 2.82. The van der Waals surface area contributed by atoms with Gasteiger partial charge in [0.25, 0.3) is 11.8 Å². The molecule has 0 radical (unpaired) electrons. The van der Waals surface area contributed by atoms with E-state index in [2.05, 4.69) is 16.0 Å². The van der Waals surface area contributed by atoms with Gasteiger partial charge in [0.15, 0.2) is 5.11 Å². The van der Waals surface area contributed by atoms with Crippen LogP contribution >= 0.6 is 12.2 Å². The SMILES string of the molecule is Cc1ccccc1C(=O)NC(=S)Nc1ccccc1C(=O)NCc1ccccc1. The number of nitrogens with one attached hydrogen (secondary N) is 3. The van der Waals surface area contributed by atoms with E-state index in [1.54, 1.807) is 36.4 Å². The van der Waals surface area contributed by atoms with Crippen LogP contribution in [0.2, 0.25) is 0 Å². The molecule has 0 heterocycles. The minimum Gasteiger partial charge on any atom is -0.348 e. The van der Waals surface area contributed by atoms with Gasteiger partial charge >= 0.3 is 0 Å². The summed E-state index contributed by atoms with van der Waals surface area (Å²) in [7, 11) is 0. The van der Waals surface area contributed by atoms with Gasteiger partial charge in [0.1, 0.15) is 0 Å². The zero-order valence-electron chi connectivity index (χ0n) is 15.9. The van der Waals surface area contributed by atoms with Crippen LogP contribution in [-0.2, 0) is 6.54 Å². The van der Waals surface area contributed by atoms with E-state index in [-0.39, 0.29) is 16.9 Å². The molecule has 0 aliphatic heterocycles. The zero-order chi connectivity index (χ0) is 20.6. The Hall–Kier alpha value is -3.51. The van der Waals surface area contributed by atoms with Gasteiger partial charge in [-0.15, -0.1) is 0 Å². The van der Waals surface area contributed by atoms with Gasteiger partial charge in [0.05, 0.1) is 11.3 Å². The van der Waals surface area contributed by atoms with E-state index in [0.29, 0.717) is 23.4 Å². The van der Waals surface area contributed by atoms with Crippen LogP contribution in [0.1, 0.15) is 31.8 Å². The molecular weight excluding hydrogens is 382 g/mol. The second kappa shape index (κ2) is 9.61. The van der Waals surface area contributed by atoms with Crippen molar-refractivity contribution in [2.24, 2.45) is 0 Å². The van der Waals surface area contributed by atoms with Gasteiger partial charge in [-0.05, 0) is 48.5 Å². The fourth-order valence-corrected chi connectivity index (χ4v) is 3.02. The number of carbonyl (C=O) groups is 2. The van der Waals surface area contributed by atoms with Crippen molar-refractivity contribution >= 4 is 34.8 Å². The molecule has 6 heteroatoms. The van der Waals surface area contributed by atoms with Crippen molar-refractivity contribution in [1.82, 2.24) is 10.6 Å². The third kappa shape index (κ3) is 5.49. The summed E-state index contributed by atoms with van der Waals surface area (Å²) in [6.07, 6.45) is 0. The Morgan fingerprint density at radius 3 is 2.14 bits per heavy atom. The quantitative estimate of drug-likeness (QED) is 0.562. The summed E-state index contributed by atoms with van der Waals surface area (Å²) in [6.45, 7) is 2.28. The van der Waals surface area contributed by atoms with Crippen molar-refractivity contribution in [2.75, 3.05) is 5.32 Å². The molecule has 0 atom stereocenters. The third-order valence-electron chi connectivity index (χ3n) is 4.33. The molecule has 2 amide bonds. The Labute approximate surface area is 175 Å². The predicted octanol–water partition coefficient (Wildman–Crippen LogP) is 4.05. The maximum atomic E-state index is 12.6. The van der Waals surface area contributed by atoms with Gasteiger partial charge in [0.2, 0.25) is 0 Å². The summed E-state index contributed by atoms with van der Waals surface area (Å²) >= 11 is 5.27. The molecule has 0 spiro atoms. The highest BCUT2D eigenvalue weighted by Crippen LogP contribution is 2.15. The summed E-state index contributed by atoms with van der Waals surface area (Å²) in [5.41, 5.74) is 3.37. The summed E-state index contributed by atoms with van der Waals surface area (Å²) in [5, 5.41) is 8.63. The van der Waals surface area contributed by atoms with Crippen molar-refractivity contribution in [3.8, 4) is 0 Å². The van der Waals surface area contributed by atoms with Crippen molar-refractivity contribution in [2.45, 2.75) is 13.5 Å². The lowest BCUT2D eigenvalue weighted by Crippen LogP contribution is -2.35. The van der Waals surface area contributed by atoms with E-state index in [0.717, 1.165) is 11.1 Å². The fraction of sp³-hybridized carbons (Fsp3) is 0.0870. The molecular formula is C23H21N3O2S. The number of para-hydroxylation sites is 1. The third-order valence-corrected chi connectivity index (χ3v) is 4.54.